The van der Waals surface area contributed by atoms with Gasteiger partial charge in [0.15, 0.2) is 0 Å². The molecule has 0 saturated heterocycles. The summed E-state index contributed by atoms with van der Waals surface area (Å²) < 4.78 is 0. The van der Waals surface area contributed by atoms with Gasteiger partial charge in [-0.05, 0) is 49.9 Å². The lowest BCUT2D eigenvalue weighted by atomic mass is 10.0. The number of anilines is 1. The topological polar surface area (TPSA) is 36.1 Å². The summed E-state index contributed by atoms with van der Waals surface area (Å²) in [7, 11) is 0. The number of carbonyl (C=O) groups excluding carboxylic acids is 1. The molecule has 0 bridgehead atoms. The molecule has 104 valence electrons. The van der Waals surface area contributed by atoms with Crippen LogP contribution in [0.3, 0.4) is 0 Å². The number of H-pyrrole nitrogens is 1. The minimum absolute atomic E-state index is 0.194. The number of nitrogens with one attached hydrogen (secondary N) is 1. The zero-order chi connectivity index (χ0) is 14.1. The van der Waals surface area contributed by atoms with E-state index in [1.165, 1.54) is 5.56 Å². The van der Waals surface area contributed by atoms with E-state index in [0.29, 0.717) is 6.42 Å². The molecule has 0 atom stereocenters. The fourth-order valence-corrected chi connectivity index (χ4v) is 3.02. The molecular weight excluding hydrogens is 248 g/mol. The number of nitrogens with zero attached hydrogens (tertiary/aromatic N) is 1. The van der Waals surface area contributed by atoms with Gasteiger partial charge in [-0.15, -0.1) is 0 Å². The summed E-state index contributed by atoms with van der Waals surface area (Å²) in [6, 6.07) is 10.3. The highest BCUT2D eigenvalue weighted by Crippen LogP contribution is 2.27. The lowest BCUT2D eigenvalue weighted by Gasteiger charge is -2.29. The second-order valence-corrected chi connectivity index (χ2v) is 5.56. The maximum Gasteiger partial charge on any atom is 0.231 e. The Morgan fingerprint density at radius 3 is 2.85 bits per heavy atom. The first kappa shape index (κ1) is 13.0. The quantitative estimate of drug-likeness (QED) is 0.892. The normalized spacial score (nSPS) is 14.2. The van der Waals surface area contributed by atoms with Crippen LogP contribution in [-0.2, 0) is 17.6 Å². The highest BCUT2D eigenvalue weighted by Gasteiger charge is 2.22. The highest BCUT2D eigenvalue weighted by molar-refractivity contribution is 5.96. The van der Waals surface area contributed by atoms with Gasteiger partial charge in [0.05, 0.1) is 6.42 Å². The largest absolute Gasteiger partial charge is 0.362 e. The molecule has 0 aliphatic carbocycles. The maximum atomic E-state index is 12.6. The number of hydrogen-bond donors (Lipinski definition) is 1. The van der Waals surface area contributed by atoms with Crippen molar-refractivity contribution >= 4 is 11.6 Å². The maximum absolute atomic E-state index is 12.6. The number of aromatic nitrogens is 1. The van der Waals surface area contributed by atoms with Crippen molar-refractivity contribution in [2.24, 2.45) is 0 Å². The molecule has 1 amide bonds. The molecule has 3 rings (SSSR count). The fraction of sp³-hybridized carbons (Fsp3) is 0.353. The van der Waals surface area contributed by atoms with Gasteiger partial charge in [0, 0.05) is 23.6 Å². The summed E-state index contributed by atoms with van der Waals surface area (Å²) in [5, 5.41) is 0. The average molecular weight is 268 g/mol. The van der Waals surface area contributed by atoms with Crippen molar-refractivity contribution in [1.82, 2.24) is 4.98 Å². The predicted molar refractivity (Wildman–Crippen MR) is 81.1 cm³/mol. The molecule has 1 aliphatic heterocycles. The Hall–Kier alpha value is -2.03. The number of amides is 1. The van der Waals surface area contributed by atoms with Gasteiger partial charge in [0.2, 0.25) is 5.91 Å². The number of aromatic amines is 1. The summed E-state index contributed by atoms with van der Waals surface area (Å²) in [5.74, 6) is 0.194. The molecule has 1 N–H and O–H groups in total. The Kier molecular flexibility index (Phi) is 3.35. The number of para-hydroxylation sites is 1. The third-order valence-corrected chi connectivity index (χ3v) is 4.01. The minimum Gasteiger partial charge on any atom is -0.362 e. The van der Waals surface area contributed by atoms with E-state index in [9.17, 15) is 4.79 Å². The molecule has 0 radical (unpaired) electrons. The molecular formula is C17H20N2O. The van der Waals surface area contributed by atoms with Crippen molar-refractivity contribution in [3.63, 3.8) is 0 Å². The number of carbonyl (C=O) groups is 1. The summed E-state index contributed by atoms with van der Waals surface area (Å²) >= 11 is 0. The second kappa shape index (κ2) is 5.16. The number of aryl methyl sites for hydroxylation is 3. The van der Waals surface area contributed by atoms with Gasteiger partial charge in [0.25, 0.3) is 0 Å². The zero-order valence-electron chi connectivity index (χ0n) is 12.1. The Morgan fingerprint density at radius 2 is 2.10 bits per heavy atom. The monoisotopic (exact) mass is 268 g/mol. The molecule has 0 saturated carbocycles. The van der Waals surface area contributed by atoms with E-state index in [0.717, 1.165) is 42.0 Å². The molecule has 0 fully saturated rings. The Balaban J connectivity index is 1.83. The lowest BCUT2D eigenvalue weighted by molar-refractivity contribution is -0.118. The molecule has 3 heteroatoms. The van der Waals surface area contributed by atoms with Crippen LogP contribution in [-0.4, -0.2) is 17.4 Å². The first-order chi connectivity index (χ1) is 9.65. The Morgan fingerprint density at radius 1 is 1.30 bits per heavy atom. The minimum atomic E-state index is 0.194. The summed E-state index contributed by atoms with van der Waals surface area (Å²) in [6.45, 7) is 4.88. The first-order valence-corrected chi connectivity index (χ1v) is 7.18. The van der Waals surface area contributed by atoms with E-state index < -0.39 is 0 Å². The summed E-state index contributed by atoms with van der Waals surface area (Å²) in [4.78, 5) is 17.8. The second-order valence-electron chi connectivity index (χ2n) is 5.56. The van der Waals surface area contributed by atoms with E-state index >= 15 is 0 Å². The Labute approximate surface area is 119 Å². The molecule has 1 aromatic carbocycles. The predicted octanol–water partition coefficient (Wildman–Crippen LogP) is 3.15. The SMILES string of the molecule is Cc1cc(CC(=O)N2CCCc3ccccc32)c(C)[nH]1. The van der Waals surface area contributed by atoms with Crippen molar-refractivity contribution in [3.05, 3.63) is 52.8 Å². The van der Waals surface area contributed by atoms with Crippen molar-refractivity contribution in [3.8, 4) is 0 Å². The van der Waals surface area contributed by atoms with Crippen LogP contribution in [0.5, 0.6) is 0 Å². The molecule has 0 unspecified atom stereocenters. The van der Waals surface area contributed by atoms with Gasteiger partial charge in [-0.2, -0.15) is 0 Å². The molecule has 0 spiro atoms. The number of fused-ring (bicyclic) bond motifs is 1. The number of rotatable bonds is 2. The third-order valence-electron chi connectivity index (χ3n) is 4.01. The average Bonchev–Trinajstić information content (AvgIpc) is 2.76. The first-order valence-electron chi connectivity index (χ1n) is 7.18. The standard InChI is InChI=1S/C17H20N2O/c1-12-10-15(13(2)18-12)11-17(20)19-9-5-7-14-6-3-4-8-16(14)19/h3-4,6,8,10,18H,5,7,9,11H2,1-2H3. The van der Waals surface area contributed by atoms with Crippen LogP contribution >= 0.6 is 0 Å². The van der Waals surface area contributed by atoms with Crippen LogP contribution in [0, 0.1) is 13.8 Å². The molecule has 3 nitrogen and oxygen atoms in total. The van der Waals surface area contributed by atoms with Crippen LogP contribution < -0.4 is 4.90 Å². The van der Waals surface area contributed by atoms with Crippen molar-refractivity contribution in [2.45, 2.75) is 33.1 Å². The number of benzene rings is 1. The molecule has 1 aliphatic rings. The third kappa shape index (κ3) is 2.36. The van der Waals surface area contributed by atoms with Gasteiger partial charge in [0.1, 0.15) is 0 Å². The van der Waals surface area contributed by atoms with E-state index in [-0.39, 0.29) is 5.91 Å². The number of hydrogen-bond acceptors (Lipinski definition) is 1. The van der Waals surface area contributed by atoms with Crippen LogP contribution in [0.2, 0.25) is 0 Å². The van der Waals surface area contributed by atoms with E-state index in [1.54, 1.807) is 0 Å². The molecule has 2 aromatic rings. The van der Waals surface area contributed by atoms with Crippen molar-refractivity contribution < 1.29 is 4.79 Å². The van der Waals surface area contributed by atoms with E-state index in [4.69, 9.17) is 0 Å². The fourth-order valence-electron chi connectivity index (χ4n) is 3.02. The van der Waals surface area contributed by atoms with E-state index in [2.05, 4.69) is 23.2 Å². The van der Waals surface area contributed by atoms with Gasteiger partial charge < -0.3 is 9.88 Å². The van der Waals surface area contributed by atoms with E-state index in [1.807, 2.05) is 30.9 Å². The van der Waals surface area contributed by atoms with Gasteiger partial charge >= 0.3 is 0 Å². The van der Waals surface area contributed by atoms with Crippen LogP contribution in [0.15, 0.2) is 30.3 Å². The highest BCUT2D eigenvalue weighted by atomic mass is 16.2. The van der Waals surface area contributed by atoms with Crippen molar-refractivity contribution in [2.75, 3.05) is 11.4 Å². The van der Waals surface area contributed by atoms with Gasteiger partial charge in [-0.3, -0.25) is 4.79 Å². The van der Waals surface area contributed by atoms with Gasteiger partial charge in [-0.25, -0.2) is 0 Å². The van der Waals surface area contributed by atoms with Crippen LogP contribution in [0.25, 0.3) is 0 Å². The molecule has 2 heterocycles. The molecule has 1 aromatic heterocycles. The summed E-state index contributed by atoms with van der Waals surface area (Å²) in [5.41, 5.74) is 5.70. The smallest absolute Gasteiger partial charge is 0.231 e. The van der Waals surface area contributed by atoms with Gasteiger partial charge in [-0.1, -0.05) is 18.2 Å². The zero-order valence-corrected chi connectivity index (χ0v) is 12.1. The Bertz CT molecular complexity index is 642. The van der Waals surface area contributed by atoms with Crippen LogP contribution in [0.4, 0.5) is 5.69 Å². The summed E-state index contributed by atoms with van der Waals surface area (Å²) in [6.07, 6.45) is 2.60. The molecule has 20 heavy (non-hydrogen) atoms. The van der Waals surface area contributed by atoms with Crippen LogP contribution in [0.1, 0.15) is 28.9 Å². The lowest BCUT2D eigenvalue weighted by Crippen LogP contribution is -2.36. The van der Waals surface area contributed by atoms with Crippen molar-refractivity contribution in [1.29, 1.82) is 0 Å².